The molecule has 1 aliphatic heterocycles. The minimum atomic E-state index is -0.0965. The molecule has 0 atom stereocenters. The van der Waals surface area contributed by atoms with Crippen LogP contribution < -0.4 is 4.87 Å². The number of thiazole rings is 1. The van der Waals surface area contributed by atoms with Gasteiger partial charge in [0.05, 0.1) is 18.6 Å². The highest BCUT2D eigenvalue weighted by atomic mass is 32.1. The van der Waals surface area contributed by atoms with E-state index < -0.39 is 0 Å². The maximum absolute atomic E-state index is 11.3. The van der Waals surface area contributed by atoms with E-state index >= 15 is 0 Å². The van der Waals surface area contributed by atoms with Gasteiger partial charge in [0.25, 0.3) is 0 Å². The van der Waals surface area contributed by atoms with Gasteiger partial charge in [-0.1, -0.05) is 11.3 Å². The standard InChI is InChI=1S/C9H14N2O3S/c12-8-7-15-9(13)11(8)2-1-10-3-5-14-6-4-10/h7,12H,1-6H2. The van der Waals surface area contributed by atoms with Crippen molar-refractivity contribution in [3.63, 3.8) is 0 Å². The van der Waals surface area contributed by atoms with E-state index in [9.17, 15) is 9.90 Å². The molecule has 1 saturated heterocycles. The molecule has 0 aliphatic carbocycles. The first kappa shape index (κ1) is 10.7. The summed E-state index contributed by atoms with van der Waals surface area (Å²) in [5.41, 5.74) is 0. The molecule has 0 unspecified atom stereocenters. The maximum Gasteiger partial charge on any atom is 0.310 e. The van der Waals surface area contributed by atoms with Gasteiger partial charge in [-0.05, 0) is 0 Å². The van der Waals surface area contributed by atoms with Crippen molar-refractivity contribution in [3.8, 4) is 5.88 Å². The van der Waals surface area contributed by atoms with E-state index in [4.69, 9.17) is 4.74 Å². The molecule has 0 aromatic carbocycles. The van der Waals surface area contributed by atoms with Crippen LogP contribution in [0.5, 0.6) is 5.88 Å². The summed E-state index contributed by atoms with van der Waals surface area (Å²) < 4.78 is 6.63. The second kappa shape index (κ2) is 4.78. The summed E-state index contributed by atoms with van der Waals surface area (Å²) >= 11 is 1.03. The zero-order valence-corrected chi connectivity index (χ0v) is 9.20. The van der Waals surface area contributed by atoms with Crippen LogP contribution in [0.25, 0.3) is 0 Å². The first-order valence-electron chi connectivity index (χ1n) is 4.95. The molecule has 5 nitrogen and oxygen atoms in total. The Morgan fingerprint density at radius 2 is 2.13 bits per heavy atom. The average Bonchev–Trinajstić information content (AvgIpc) is 2.58. The molecule has 0 bridgehead atoms. The van der Waals surface area contributed by atoms with E-state index in [1.165, 1.54) is 9.95 Å². The fourth-order valence-electron chi connectivity index (χ4n) is 1.60. The molecule has 0 spiro atoms. The largest absolute Gasteiger partial charge is 0.494 e. The normalized spacial score (nSPS) is 18.1. The van der Waals surface area contributed by atoms with Crippen LogP contribution in [-0.4, -0.2) is 47.4 Å². The van der Waals surface area contributed by atoms with Gasteiger partial charge < -0.3 is 9.84 Å². The molecule has 1 aliphatic rings. The number of hydrogen-bond acceptors (Lipinski definition) is 5. The van der Waals surface area contributed by atoms with Gasteiger partial charge in [-0.3, -0.25) is 14.3 Å². The number of aromatic nitrogens is 1. The van der Waals surface area contributed by atoms with Crippen molar-refractivity contribution < 1.29 is 9.84 Å². The van der Waals surface area contributed by atoms with Crippen molar-refractivity contribution in [3.05, 3.63) is 15.0 Å². The Bertz CT molecular complexity index is 368. The average molecular weight is 230 g/mol. The first-order chi connectivity index (χ1) is 7.27. The van der Waals surface area contributed by atoms with Crippen molar-refractivity contribution in [2.45, 2.75) is 6.54 Å². The van der Waals surface area contributed by atoms with Crippen LogP contribution in [0.1, 0.15) is 0 Å². The molecule has 0 radical (unpaired) electrons. The third kappa shape index (κ3) is 2.58. The second-order valence-electron chi connectivity index (χ2n) is 3.47. The summed E-state index contributed by atoms with van der Waals surface area (Å²) in [4.78, 5) is 13.4. The molecule has 2 heterocycles. The summed E-state index contributed by atoms with van der Waals surface area (Å²) in [6.45, 7) is 4.65. The second-order valence-corrected chi connectivity index (χ2v) is 4.29. The lowest BCUT2D eigenvalue weighted by Gasteiger charge is -2.26. The fourth-order valence-corrected chi connectivity index (χ4v) is 2.24. The predicted molar refractivity (Wildman–Crippen MR) is 57.5 cm³/mol. The lowest BCUT2D eigenvalue weighted by molar-refractivity contribution is 0.0361. The first-order valence-corrected chi connectivity index (χ1v) is 5.83. The van der Waals surface area contributed by atoms with Crippen LogP contribution >= 0.6 is 11.3 Å². The van der Waals surface area contributed by atoms with E-state index in [2.05, 4.69) is 4.90 Å². The molecule has 6 heteroatoms. The monoisotopic (exact) mass is 230 g/mol. The number of aromatic hydroxyl groups is 1. The zero-order chi connectivity index (χ0) is 10.7. The lowest BCUT2D eigenvalue weighted by Crippen LogP contribution is -2.38. The summed E-state index contributed by atoms with van der Waals surface area (Å²) in [7, 11) is 0. The Kier molecular flexibility index (Phi) is 3.40. The third-order valence-corrected chi connectivity index (χ3v) is 3.26. The molecular formula is C9H14N2O3S. The SMILES string of the molecule is O=c1scc(O)n1CCN1CCOCC1. The number of ether oxygens (including phenoxy) is 1. The van der Waals surface area contributed by atoms with Crippen LogP contribution in [0.4, 0.5) is 0 Å². The molecular weight excluding hydrogens is 216 g/mol. The van der Waals surface area contributed by atoms with E-state index in [0.717, 1.165) is 44.2 Å². The summed E-state index contributed by atoms with van der Waals surface area (Å²) in [5.74, 6) is 0.0678. The highest BCUT2D eigenvalue weighted by Crippen LogP contribution is 2.09. The van der Waals surface area contributed by atoms with Gasteiger partial charge in [0.1, 0.15) is 0 Å². The van der Waals surface area contributed by atoms with E-state index in [1.807, 2.05) is 0 Å². The topological polar surface area (TPSA) is 54.7 Å². The Hall–Kier alpha value is -0.850. The zero-order valence-electron chi connectivity index (χ0n) is 8.39. The minimum absolute atomic E-state index is 0.0678. The van der Waals surface area contributed by atoms with Crippen molar-refractivity contribution in [2.75, 3.05) is 32.8 Å². The van der Waals surface area contributed by atoms with Gasteiger partial charge in [0.15, 0.2) is 0 Å². The van der Waals surface area contributed by atoms with Crippen LogP contribution in [0.15, 0.2) is 10.2 Å². The van der Waals surface area contributed by atoms with Crippen molar-refractivity contribution in [2.24, 2.45) is 0 Å². The molecule has 0 saturated carbocycles. The molecule has 2 rings (SSSR count). The Morgan fingerprint density at radius 3 is 2.73 bits per heavy atom. The van der Waals surface area contributed by atoms with Gasteiger partial charge in [-0.25, -0.2) is 0 Å². The van der Waals surface area contributed by atoms with Crippen LogP contribution in [0.3, 0.4) is 0 Å². The predicted octanol–water partition coefficient (Wildman–Crippen LogP) is -0.0524. The summed E-state index contributed by atoms with van der Waals surface area (Å²) in [6.07, 6.45) is 0. The molecule has 1 aromatic heterocycles. The third-order valence-electron chi connectivity index (χ3n) is 2.51. The van der Waals surface area contributed by atoms with Crippen molar-refractivity contribution >= 4 is 11.3 Å². The summed E-state index contributed by atoms with van der Waals surface area (Å²) in [5, 5.41) is 10.9. The van der Waals surface area contributed by atoms with Gasteiger partial charge >= 0.3 is 4.87 Å². The van der Waals surface area contributed by atoms with Crippen molar-refractivity contribution in [1.29, 1.82) is 0 Å². The number of rotatable bonds is 3. The molecule has 84 valence electrons. The molecule has 15 heavy (non-hydrogen) atoms. The molecule has 1 aromatic rings. The van der Waals surface area contributed by atoms with Crippen molar-refractivity contribution in [1.82, 2.24) is 9.47 Å². The Morgan fingerprint density at radius 1 is 1.40 bits per heavy atom. The highest BCUT2D eigenvalue weighted by molar-refractivity contribution is 7.07. The summed E-state index contributed by atoms with van der Waals surface area (Å²) in [6, 6.07) is 0. The number of hydrogen-bond donors (Lipinski definition) is 1. The smallest absolute Gasteiger partial charge is 0.310 e. The molecule has 1 fully saturated rings. The van der Waals surface area contributed by atoms with Crippen LogP contribution in [0, 0.1) is 0 Å². The van der Waals surface area contributed by atoms with E-state index in [1.54, 1.807) is 0 Å². The number of nitrogens with zero attached hydrogens (tertiary/aromatic N) is 2. The lowest BCUT2D eigenvalue weighted by atomic mass is 10.4. The molecule has 0 amide bonds. The number of morpholine rings is 1. The van der Waals surface area contributed by atoms with Gasteiger partial charge in [-0.15, -0.1) is 0 Å². The highest BCUT2D eigenvalue weighted by Gasteiger charge is 2.11. The van der Waals surface area contributed by atoms with Crippen LogP contribution in [-0.2, 0) is 11.3 Å². The van der Waals surface area contributed by atoms with E-state index in [-0.39, 0.29) is 10.8 Å². The van der Waals surface area contributed by atoms with Gasteiger partial charge in [0, 0.05) is 26.2 Å². The minimum Gasteiger partial charge on any atom is -0.494 e. The van der Waals surface area contributed by atoms with Gasteiger partial charge in [-0.2, -0.15) is 0 Å². The van der Waals surface area contributed by atoms with E-state index in [0.29, 0.717) is 6.54 Å². The fraction of sp³-hybridized carbons (Fsp3) is 0.667. The molecule has 1 N–H and O–H groups in total. The van der Waals surface area contributed by atoms with Crippen LogP contribution in [0.2, 0.25) is 0 Å². The maximum atomic E-state index is 11.3. The Labute approximate surface area is 91.5 Å². The quantitative estimate of drug-likeness (QED) is 0.791. The Balaban J connectivity index is 1.89. The van der Waals surface area contributed by atoms with Gasteiger partial charge in [0.2, 0.25) is 5.88 Å².